The molecule has 0 spiro atoms. The van der Waals surface area contributed by atoms with Crippen LogP contribution in [-0.4, -0.2) is 48.7 Å². The van der Waals surface area contributed by atoms with Crippen molar-refractivity contribution in [3.63, 3.8) is 0 Å². The Morgan fingerprint density at radius 3 is 2.79 bits per heavy atom. The van der Waals surface area contributed by atoms with Crippen molar-refractivity contribution < 1.29 is 9.53 Å². The van der Waals surface area contributed by atoms with E-state index in [1.165, 1.54) is 0 Å². The summed E-state index contributed by atoms with van der Waals surface area (Å²) in [6.07, 6.45) is 1.09. The van der Waals surface area contributed by atoms with E-state index in [2.05, 4.69) is 12.2 Å². The van der Waals surface area contributed by atoms with E-state index in [9.17, 15) is 4.79 Å². The molecule has 0 saturated carbocycles. The van der Waals surface area contributed by atoms with Crippen LogP contribution in [0, 0.1) is 0 Å². The third kappa shape index (κ3) is 1.91. The first-order valence-electron chi connectivity index (χ1n) is 5.20. The highest BCUT2D eigenvalue weighted by molar-refractivity contribution is 5.74. The SMILES string of the molecule is CC(=O)N1CC(C)(NC2CCOC2)C1. The van der Waals surface area contributed by atoms with Gasteiger partial charge in [-0.2, -0.15) is 0 Å². The largest absolute Gasteiger partial charge is 0.380 e. The second-order valence-electron chi connectivity index (χ2n) is 4.64. The van der Waals surface area contributed by atoms with Crippen molar-refractivity contribution in [2.75, 3.05) is 26.3 Å². The van der Waals surface area contributed by atoms with Crippen LogP contribution < -0.4 is 5.32 Å². The molecule has 2 saturated heterocycles. The molecule has 2 heterocycles. The Bertz CT molecular complexity index is 230. The summed E-state index contributed by atoms with van der Waals surface area (Å²) in [5.41, 5.74) is 0.115. The van der Waals surface area contributed by atoms with Crippen molar-refractivity contribution >= 4 is 5.91 Å². The molecule has 4 heteroatoms. The fourth-order valence-corrected chi connectivity index (χ4v) is 2.25. The molecule has 1 amide bonds. The molecule has 0 radical (unpaired) electrons. The number of hydrogen-bond donors (Lipinski definition) is 1. The average Bonchev–Trinajstić information content (AvgIpc) is 2.51. The van der Waals surface area contributed by atoms with Gasteiger partial charge in [0.2, 0.25) is 5.91 Å². The fraction of sp³-hybridized carbons (Fsp3) is 0.900. The zero-order valence-corrected chi connectivity index (χ0v) is 8.88. The zero-order valence-electron chi connectivity index (χ0n) is 8.88. The van der Waals surface area contributed by atoms with Gasteiger partial charge in [0.1, 0.15) is 0 Å². The molecule has 4 nitrogen and oxygen atoms in total. The van der Waals surface area contributed by atoms with Crippen molar-refractivity contribution in [1.82, 2.24) is 10.2 Å². The number of carbonyl (C=O) groups is 1. The van der Waals surface area contributed by atoms with E-state index in [0.717, 1.165) is 32.7 Å². The minimum atomic E-state index is 0.115. The summed E-state index contributed by atoms with van der Waals surface area (Å²) in [5, 5.41) is 3.56. The molecular formula is C10H18N2O2. The monoisotopic (exact) mass is 198 g/mol. The Morgan fingerprint density at radius 2 is 2.29 bits per heavy atom. The van der Waals surface area contributed by atoms with Crippen molar-refractivity contribution in [2.24, 2.45) is 0 Å². The first kappa shape index (κ1) is 9.93. The lowest BCUT2D eigenvalue weighted by Crippen LogP contribution is -2.70. The molecular weight excluding hydrogens is 180 g/mol. The van der Waals surface area contributed by atoms with Gasteiger partial charge < -0.3 is 15.0 Å². The first-order chi connectivity index (χ1) is 6.59. The number of ether oxygens (including phenoxy) is 1. The van der Waals surface area contributed by atoms with Gasteiger partial charge in [-0.1, -0.05) is 0 Å². The second kappa shape index (κ2) is 3.51. The predicted molar refractivity (Wildman–Crippen MR) is 53.0 cm³/mol. The number of amides is 1. The summed E-state index contributed by atoms with van der Waals surface area (Å²) in [6, 6.07) is 0.481. The van der Waals surface area contributed by atoms with E-state index in [1.807, 2.05) is 4.90 Å². The Kier molecular flexibility index (Phi) is 2.49. The molecule has 1 atom stereocenters. The van der Waals surface area contributed by atoms with Gasteiger partial charge in [0.05, 0.1) is 12.1 Å². The zero-order chi connectivity index (χ0) is 10.2. The van der Waals surface area contributed by atoms with Crippen LogP contribution in [0.1, 0.15) is 20.3 Å². The van der Waals surface area contributed by atoms with Crippen LogP contribution in [0.2, 0.25) is 0 Å². The summed E-state index contributed by atoms with van der Waals surface area (Å²) in [7, 11) is 0. The second-order valence-corrected chi connectivity index (χ2v) is 4.64. The quantitative estimate of drug-likeness (QED) is 0.678. The van der Waals surface area contributed by atoms with Crippen molar-refractivity contribution in [3.05, 3.63) is 0 Å². The molecule has 0 aromatic heterocycles. The van der Waals surface area contributed by atoms with Gasteiger partial charge in [0, 0.05) is 32.7 Å². The molecule has 0 aliphatic carbocycles. The van der Waals surface area contributed by atoms with Crippen LogP contribution in [0.5, 0.6) is 0 Å². The molecule has 14 heavy (non-hydrogen) atoms. The Balaban J connectivity index is 1.79. The maximum absolute atomic E-state index is 11.0. The lowest BCUT2D eigenvalue weighted by molar-refractivity contribution is -0.137. The molecule has 2 fully saturated rings. The van der Waals surface area contributed by atoms with Crippen LogP contribution in [0.25, 0.3) is 0 Å². The van der Waals surface area contributed by atoms with Gasteiger partial charge in [-0.25, -0.2) is 0 Å². The first-order valence-corrected chi connectivity index (χ1v) is 5.20. The van der Waals surface area contributed by atoms with E-state index < -0.39 is 0 Å². The minimum absolute atomic E-state index is 0.115. The minimum Gasteiger partial charge on any atom is -0.380 e. The fourth-order valence-electron chi connectivity index (χ4n) is 2.25. The third-order valence-corrected chi connectivity index (χ3v) is 3.01. The summed E-state index contributed by atoms with van der Waals surface area (Å²) >= 11 is 0. The van der Waals surface area contributed by atoms with Crippen LogP contribution in [0.4, 0.5) is 0 Å². The standard InChI is InChI=1S/C10H18N2O2/c1-8(13)12-6-10(2,7-12)11-9-3-4-14-5-9/h9,11H,3-7H2,1-2H3. The summed E-state index contributed by atoms with van der Waals surface area (Å²) in [5.74, 6) is 0.173. The Hall–Kier alpha value is -0.610. The van der Waals surface area contributed by atoms with Crippen LogP contribution in [-0.2, 0) is 9.53 Å². The van der Waals surface area contributed by atoms with Gasteiger partial charge in [-0.15, -0.1) is 0 Å². The number of nitrogens with zero attached hydrogens (tertiary/aromatic N) is 1. The number of hydrogen-bond acceptors (Lipinski definition) is 3. The number of nitrogens with one attached hydrogen (secondary N) is 1. The lowest BCUT2D eigenvalue weighted by Gasteiger charge is -2.49. The predicted octanol–water partition coefficient (Wildman–Crippen LogP) is -0.0143. The van der Waals surface area contributed by atoms with E-state index in [0.29, 0.717) is 6.04 Å². The number of carbonyl (C=O) groups excluding carboxylic acids is 1. The number of rotatable bonds is 2. The normalized spacial score (nSPS) is 30.1. The Morgan fingerprint density at radius 1 is 1.57 bits per heavy atom. The Labute approximate surface area is 84.6 Å². The third-order valence-electron chi connectivity index (χ3n) is 3.01. The average molecular weight is 198 g/mol. The molecule has 2 aliphatic rings. The molecule has 2 rings (SSSR count). The highest BCUT2D eigenvalue weighted by Gasteiger charge is 2.41. The molecule has 80 valence electrons. The number of likely N-dealkylation sites (tertiary alicyclic amines) is 1. The van der Waals surface area contributed by atoms with E-state index in [4.69, 9.17) is 4.74 Å². The molecule has 0 aromatic rings. The van der Waals surface area contributed by atoms with Gasteiger partial charge >= 0.3 is 0 Å². The van der Waals surface area contributed by atoms with Gasteiger partial charge in [-0.3, -0.25) is 4.79 Å². The van der Waals surface area contributed by atoms with Gasteiger partial charge in [0.15, 0.2) is 0 Å². The van der Waals surface area contributed by atoms with E-state index >= 15 is 0 Å². The molecule has 1 unspecified atom stereocenters. The lowest BCUT2D eigenvalue weighted by atomic mass is 9.91. The molecule has 0 aromatic carbocycles. The molecule has 1 N–H and O–H groups in total. The smallest absolute Gasteiger partial charge is 0.219 e. The highest BCUT2D eigenvalue weighted by atomic mass is 16.5. The van der Waals surface area contributed by atoms with Crippen LogP contribution >= 0.6 is 0 Å². The van der Waals surface area contributed by atoms with Gasteiger partial charge in [-0.05, 0) is 13.3 Å². The van der Waals surface area contributed by atoms with Crippen molar-refractivity contribution in [2.45, 2.75) is 31.8 Å². The van der Waals surface area contributed by atoms with E-state index in [-0.39, 0.29) is 11.4 Å². The molecule has 0 bridgehead atoms. The van der Waals surface area contributed by atoms with Crippen molar-refractivity contribution in [3.8, 4) is 0 Å². The van der Waals surface area contributed by atoms with Crippen LogP contribution in [0.15, 0.2) is 0 Å². The maximum Gasteiger partial charge on any atom is 0.219 e. The van der Waals surface area contributed by atoms with Gasteiger partial charge in [0.25, 0.3) is 0 Å². The highest BCUT2D eigenvalue weighted by Crippen LogP contribution is 2.22. The van der Waals surface area contributed by atoms with E-state index in [1.54, 1.807) is 6.92 Å². The summed E-state index contributed by atoms with van der Waals surface area (Å²) < 4.78 is 5.30. The maximum atomic E-state index is 11.0. The summed E-state index contributed by atoms with van der Waals surface area (Å²) in [6.45, 7) is 7.14. The molecule has 2 aliphatic heterocycles. The van der Waals surface area contributed by atoms with Crippen molar-refractivity contribution in [1.29, 1.82) is 0 Å². The topological polar surface area (TPSA) is 41.6 Å². The summed E-state index contributed by atoms with van der Waals surface area (Å²) in [4.78, 5) is 12.9. The van der Waals surface area contributed by atoms with Crippen LogP contribution in [0.3, 0.4) is 0 Å².